The van der Waals surface area contributed by atoms with E-state index in [4.69, 9.17) is 11.6 Å². The lowest BCUT2D eigenvalue weighted by Crippen LogP contribution is -2.55. The van der Waals surface area contributed by atoms with Crippen molar-refractivity contribution in [2.45, 2.75) is 71.0 Å². The molecule has 0 fully saturated rings. The number of hydrogen-bond acceptors (Lipinski definition) is 4. The van der Waals surface area contributed by atoms with Gasteiger partial charge in [0.05, 0.1) is 10.6 Å². The second kappa shape index (κ2) is 12.9. The molecule has 1 atom stereocenters. The summed E-state index contributed by atoms with van der Waals surface area (Å²) < 4.78 is 29.1. The van der Waals surface area contributed by atoms with Crippen molar-refractivity contribution < 1.29 is 18.0 Å². The van der Waals surface area contributed by atoms with Gasteiger partial charge in [-0.2, -0.15) is 0 Å². The Balaban J connectivity index is 2.10. The van der Waals surface area contributed by atoms with E-state index in [0.29, 0.717) is 17.1 Å². The molecule has 0 bridgehead atoms. The quantitative estimate of drug-likeness (QED) is 0.323. The molecule has 0 aliphatic rings. The van der Waals surface area contributed by atoms with Crippen LogP contribution < -0.4 is 9.62 Å². The third kappa shape index (κ3) is 7.64. The lowest BCUT2D eigenvalue weighted by molar-refractivity contribution is -0.141. The van der Waals surface area contributed by atoms with Crippen LogP contribution >= 0.6 is 11.6 Å². The van der Waals surface area contributed by atoms with Gasteiger partial charge in [0.15, 0.2) is 0 Å². The van der Waals surface area contributed by atoms with Crippen LogP contribution in [-0.2, 0) is 26.2 Å². The van der Waals surface area contributed by atoms with Crippen LogP contribution in [0.4, 0.5) is 5.69 Å². The van der Waals surface area contributed by atoms with Crippen LogP contribution in [-0.4, -0.2) is 43.3 Å². The van der Waals surface area contributed by atoms with Crippen molar-refractivity contribution in [1.82, 2.24) is 10.2 Å². The molecule has 1 N–H and O–H groups in total. The highest BCUT2D eigenvalue weighted by Gasteiger charge is 2.35. The van der Waals surface area contributed by atoms with Gasteiger partial charge in [-0.15, -0.1) is 0 Å². The summed E-state index contributed by atoms with van der Waals surface area (Å²) in [6.07, 6.45) is 0.343. The molecule has 0 saturated heterocycles. The molecule has 3 aromatic carbocycles. The Bertz CT molecular complexity index is 1440. The average Bonchev–Trinajstić information content (AvgIpc) is 2.89. The number of rotatable bonds is 10. The van der Waals surface area contributed by atoms with E-state index in [-0.39, 0.29) is 17.3 Å². The minimum atomic E-state index is -4.11. The van der Waals surface area contributed by atoms with E-state index in [1.54, 1.807) is 54.6 Å². The van der Waals surface area contributed by atoms with Crippen molar-refractivity contribution in [1.29, 1.82) is 0 Å². The van der Waals surface area contributed by atoms with E-state index in [1.165, 1.54) is 17.0 Å². The Labute approximate surface area is 243 Å². The SMILES string of the molecule is CCC(C(=O)NC(C)(C)C)N(Cc1ccc(Cl)cc1)C(=O)CN(c1cccc(C)c1C)S(=O)(=O)c1ccccc1. The van der Waals surface area contributed by atoms with E-state index in [9.17, 15) is 18.0 Å². The predicted octanol–water partition coefficient (Wildman–Crippen LogP) is 5.87. The highest BCUT2D eigenvalue weighted by Crippen LogP contribution is 2.29. The zero-order valence-electron chi connectivity index (χ0n) is 23.9. The molecule has 2 amide bonds. The van der Waals surface area contributed by atoms with Crippen molar-refractivity contribution in [2.24, 2.45) is 0 Å². The van der Waals surface area contributed by atoms with Crippen LogP contribution in [0.1, 0.15) is 50.8 Å². The first-order valence-corrected chi connectivity index (χ1v) is 15.1. The summed E-state index contributed by atoms with van der Waals surface area (Å²) in [5.74, 6) is -0.798. The fourth-order valence-electron chi connectivity index (χ4n) is 4.40. The number of carbonyl (C=O) groups is 2. The molecule has 0 aliphatic carbocycles. The molecule has 0 heterocycles. The molecular formula is C31H38ClN3O4S. The van der Waals surface area contributed by atoms with E-state index < -0.39 is 34.1 Å². The van der Waals surface area contributed by atoms with Crippen molar-refractivity contribution in [3.8, 4) is 0 Å². The molecular weight excluding hydrogens is 546 g/mol. The third-order valence-corrected chi connectivity index (χ3v) is 8.63. The maximum atomic E-state index is 14.2. The number of hydrogen-bond donors (Lipinski definition) is 1. The Hall–Kier alpha value is -3.36. The first-order valence-electron chi connectivity index (χ1n) is 13.2. The van der Waals surface area contributed by atoms with Crippen molar-refractivity contribution in [3.63, 3.8) is 0 Å². The number of nitrogens with zero attached hydrogens (tertiary/aromatic N) is 2. The zero-order chi connectivity index (χ0) is 29.7. The zero-order valence-corrected chi connectivity index (χ0v) is 25.5. The standard InChI is InChI=1S/C31H38ClN3O4S/c1-7-27(30(37)33-31(4,5)6)34(20-24-16-18-25(32)19-17-24)29(36)21-35(28-15-11-12-22(2)23(28)3)40(38,39)26-13-9-8-10-14-26/h8-19,27H,7,20-21H2,1-6H3,(H,33,37). The topological polar surface area (TPSA) is 86.8 Å². The Kier molecular flexibility index (Phi) is 10.0. The monoisotopic (exact) mass is 583 g/mol. The molecule has 0 spiro atoms. The van der Waals surface area contributed by atoms with Crippen LogP contribution in [0.5, 0.6) is 0 Å². The predicted molar refractivity (Wildman–Crippen MR) is 161 cm³/mol. The van der Waals surface area contributed by atoms with Gasteiger partial charge in [0.2, 0.25) is 11.8 Å². The summed E-state index contributed by atoms with van der Waals surface area (Å²) in [4.78, 5) is 29.1. The molecule has 0 saturated carbocycles. The summed E-state index contributed by atoms with van der Waals surface area (Å²) in [6, 6.07) is 19.6. The molecule has 40 heavy (non-hydrogen) atoms. The van der Waals surface area contributed by atoms with Gasteiger partial charge in [-0.1, -0.05) is 61.0 Å². The maximum absolute atomic E-state index is 14.2. The lowest BCUT2D eigenvalue weighted by atomic mass is 10.1. The van der Waals surface area contributed by atoms with Gasteiger partial charge in [0, 0.05) is 17.1 Å². The van der Waals surface area contributed by atoms with Gasteiger partial charge in [0.1, 0.15) is 12.6 Å². The molecule has 7 nitrogen and oxygen atoms in total. The molecule has 214 valence electrons. The van der Waals surface area contributed by atoms with Crippen LogP contribution in [0.3, 0.4) is 0 Å². The van der Waals surface area contributed by atoms with Gasteiger partial charge >= 0.3 is 0 Å². The second-order valence-corrected chi connectivity index (χ2v) is 13.2. The van der Waals surface area contributed by atoms with Crippen molar-refractivity contribution >= 4 is 39.1 Å². The number of nitrogens with one attached hydrogen (secondary N) is 1. The number of carbonyl (C=O) groups excluding carboxylic acids is 2. The number of halogens is 1. The summed E-state index contributed by atoms with van der Waals surface area (Å²) in [5, 5.41) is 3.52. The third-order valence-electron chi connectivity index (χ3n) is 6.61. The van der Waals surface area contributed by atoms with Gasteiger partial charge in [-0.3, -0.25) is 13.9 Å². The van der Waals surface area contributed by atoms with E-state index in [0.717, 1.165) is 21.0 Å². The lowest BCUT2D eigenvalue weighted by Gasteiger charge is -2.35. The molecule has 0 radical (unpaired) electrons. The molecule has 0 aromatic heterocycles. The molecule has 1 unspecified atom stereocenters. The Morgan fingerprint density at radius 1 is 0.925 bits per heavy atom. The van der Waals surface area contributed by atoms with Crippen LogP contribution in [0.15, 0.2) is 77.7 Å². The smallest absolute Gasteiger partial charge is 0.264 e. The summed E-state index contributed by atoms with van der Waals surface area (Å²) in [6.45, 7) is 10.8. The fourth-order valence-corrected chi connectivity index (χ4v) is 6.02. The van der Waals surface area contributed by atoms with Crippen molar-refractivity contribution in [3.05, 3.63) is 94.5 Å². The van der Waals surface area contributed by atoms with E-state index in [2.05, 4.69) is 5.32 Å². The summed E-state index contributed by atoms with van der Waals surface area (Å²) in [7, 11) is -4.11. The first-order chi connectivity index (χ1) is 18.7. The van der Waals surface area contributed by atoms with Crippen molar-refractivity contribution in [2.75, 3.05) is 10.8 Å². The van der Waals surface area contributed by atoms with Gasteiger partial charge in [-0.05, 0) is 88.1 Å². The highest BCUT2D eigenvalue weighted by atomic mass is 35.5. The Morgan fingerprint density at radius 3 is 2.12 bits per heavy atom. The van der Waals surface area contributed by atoms with E-state index in [1.807, 2.05) is 47.6 Å². The first kappa shape index (κ1) is 31.2. The second-order valence-electron chi connectivity index (χ2n) is 10.9. The number of aryl methyl sites for hydroxylation is 1. The minimum absolute atomic E-state index is 0.0745. The summed E-state index contributed by atoms with van der Waals surface area (Å²) >= 11 is 6.08. The molecule has 3 aromatic rings. The maximum Gasteiger partial charge on any atom is 0.264 e. The van der Waals surface area contributed by atoms with Gasteiger partial charge in [0.25, 0.3) is 10.0 Å². The van der Waals surface area contributed by atoms with Gasteiger partial charge < -0.3 is 10.2 Å². The van der Waals surface area contributed by atoms with E-state index >= 15 is 0 Å². The highest BCUT2D eigenvalue weighted by molar-refractivity contribution is 7.92. The normalized spacial score (nSPS) is 12.5. The largest absolute Gasteiger partial charge is 0.350 e. The number of anilines is 1. The number of benzene rings is 3. The van der Waals surface area contributed by atoms with Gasteiger partial charge in [-0.25, -0.2) is 8.42 Å². The molecule has 3 rings (SSSR count). The fraction of sp³-hybridized carbons (Fsp3) is 0.355. The number of sulfonamides is 1. The van der Waals surface area contributed by atoms with Crippen LogP contribution in [0, 0.1) is 13.8 Å². The average molecular weight is 584 g/mol. The Morgan fingerprint density at radius 2 is 1.55 bits per heavy atom. The minimum Gasteiger partial charge on any atom is -0.350 e. The molecule has 0 aliphatic heterocycles. The van der Waals surface area contributed by atoms with Crippen LogP contribution in [0.25, 0.3) is 0 Å². The summed E-state index contributed by atoms with van der Waals surface area (Å²) in [5.41, 5.74) is 2.31. The van der Waals surface area contributed by atoms with Crippen LogP contribution in [0.2, 0.25) is 5.02 Å². The number of amides is 2. The molecule has 9 heteroatoms.